The highest BCUT2D eigenvalue weighted by atomic mass is 32.1. The normalized spacial score (nSPS) is 15.1. The molecule has 0 saturated heterocycles. The summed E-state index contributed by atoms with van der Waals surface area (Å²) in [5.74, 6) is -0.104. The Morgan fingerprint density at radius 1 is 1.09 bits per heavy atom. The van der Waals surface area contributed by atoms with Crippen LogP contribution in [-0.4, -0.2) is 16.8 Å². The second-order valence-corrected chi connectivity index (χ2v) is 10.4. The molecule has 35 heavy (non-hydrogen) atoms. The van der Waals surface area contributed by atoms with Gasteiger partial charge in [-0.05, 0) is 49.3 Å². The zero-order chi connectivity index (χ0) is 24.5. The number of benzene rings is 2. The number of nitrogens with two attached hydrogens (primary N) is 1. The van der Waals surface area contributed by atoms with Gasteiger partial charge in [-0.15, -0.1) is 11.3 Å². The number of amides is 2. The van der Waals surface area contributed by atoms with Crippen molar-refractivity contribution in [1.29, 1.82) is 0 Å². The average molecular weight is 484 g/mol. The standard InChI is InChI=1S/C29H29N3O2S/c1-3-9-18-14-15-21-23(16-18)35-29(25(21)27(30)33)32-28(34)24-17(2)26(19-10-5-4-6-11-19)31-22-13-8-7-12-20(22)24/h4-8,10-13,18H,3,9,14-16H2,1-2H3,(H2,30,33)(H,32,34). The van der Waals surface area contributed by atoms with Gasteiger partial charge in [0.05, 0.1) is 22.3 Å². The molecule has 2 aromatic heterocycles. The van der Waals surface area contributed by atoms with Crippen molar-refractivity contribution in [3.8, 4) is 11.3 Å². The fourth-order valence-corrected chi connectivity index (χ4v) is 6.66. The second-order valence-electron chi connectivity index (χ2n) is 9.27. The lowest BCUT2D eigenvalue weighted by atomic mass is 9.84. The van der Waals surface area contributed by atoms with E-state index in [0.29, 0.717) is 22.0 Å². The Kier molecular flexibility index (Phi) is 6.39. The first-order chi connectivity index (χ1) is 17.0. The topological polar surface area (TPSA) is 85.1 Å². The van der Waals surface area contributed by atoms with Crippen molar-refractivity contribution in [2.45, 2.75) is 46.0 Å². The Morgan fingerprint density at radius 3 is 2.57 bits per heavy atom. The molecule has 1 aliphatic rings. The van der Waals surface area contributed by atoms with Crippen LogP contribution in [0.5, 0.6) is 0 Å². The molecule has 6 heteroatoms. The van der Waals surface area contributed by atoms with Gasteiger partial charge < -0.3 is 11.1 Å². The maximum absolute atomic E-state index is 13.8. The van der Waals surface area contributed by atoms with E-state index in [-0.39, 0.29) is 5.91 Å². The Balaban J connectivity index is 1.58. The van der Waals surface area contributed by atoms with Crippen molar-refractivity contribution >= 4 is 39.1 Å². The van der Waals surface area contributed by atoms with E-state index >= 15 is 0 Å². The number of pyridine rings is 1. The molecule has 0 spiro atoms. The number of carbonyl (C=O) groups is 2. The smallest absolute Gasteiger partial charge is 0.257 e. The predicted octanol–water partition coefficient (Wildman–Crippen LogP) is 6.53. The second kappa shape index (κ2) is 9.62. The van der Waals surface area contributed by atoms with Crippen LogP contribution in [0.1, 0.15) is 62.9 Å². The molecule has 5 rings (SSSR count). The number of aromatic nitrogens is 1. The van der Waals surface area contributed by atoms with Gasteiger partial charge in [0.1, 0.15) is 5.00 Å². The van der Waals surface area contributed by atoms with E-state index in [1.54, 1.807) is 0 Å². The van der Waals surface area contributed by atoms with Crippen molar-refractivity contribution in [3.63, 3.8) is 0 Å². The largest absolute Gasteiger partial charge is 0.365 e. The first-order valence-electron chi connectivity index (χ1n) is 12.2. The molecule has 0 bridgehead atoms. The van der Waals surface area contributed by atoms with Gasteiger partial charge >= 0.3 is 0 Å². The lowest BCUT2D eigenvalue weighted by Crippen LogP contribution is -2.20. The summed E-state index contributed by atoms with van der Waals surface area (Å²) in [6.07, 6.45) is 5.16. The van der Waals surface area contributed by atoms with Crippen LogP contribution in [0.2, 0.25) is 0 Å². The zero-order valence-electron chi connectivity index (χ0n) is 20.1. The molecule has 5 nitrogen and oxygen atoms in total. The number of carbonyl (C=O) groups excluding carboxylic acids is 2. The third kappa shape index (κ3) is 4.34. The Hall–Kier alpha value is -3.51. The van der Waals surface area contributed by atoms with E-state index < -0.39 is 5.91 Å². The number of thiophene rings is 1. The molecule has 0 radical (unpaired) electrons. The lowest BCUT2D eigenvalue weighted by Gasteiger charge is -2.21. The molecular formula is C29H29N3O2S. The Bertz CT molecular complexity index is 1430. The van der Waals surface area contributed by atoms with Crippen LogP contribution in [0.25, 0.3) is 22.2 Å². The van der Waals surface area contributed by atoms with Crippen LogP contribution < -0.4 is 11.1 Å². The van der Waals surface area contributed by atoms with E-state index in [2.05, 4.69) is 12.2 Å². The molecule has 3 N–H and O–H groups in total. The van der Waals surface area contributed by atoms with Gasteiger partial charge in [-0.3, -0.25) is 9.59 Å². The van der Waals surface area contributed by atoms with Gasteiger partial charge in [0.25, 0.3) is 11.8 Å². The first kappa shape index (κ1) is 23.2. The highest BCUT2D eigenvalue weighted by molar-refractivity contribution is 7.17. The van der Waals surface area contributed by atoms with Crippen molar-refractivity contribution in [2.24, 2.45) is 11.7 Å². The van der Waals surface area contributed by atoms with E-state index in [4.69, 9.17) is 10.7 Å². The minimum absolute atomic E-state index is 0.246. The van der Waals surface area contributed by atoms with Gasteiger partial charge in [-0.2, -0.15) is 0 Å². The molecule has 2 heterocycles. The minimum Gasteiger partial charge on any atom is -0.365 e. The number of anilines is 1. The van der Waals surface area contributed by atoms with Crippen LogP contribution in [0.4, 0.5) is 5.00 Å². The molecule has 2 amide bonds. The SMILES string of the molecule is CCCC1CCc2c(sc(NC(=O)c3c(C)c(-c4ccccc4)nc4ccccc34)c2C(N)=O)C1. The highest BCUT2D eigenvalue weighted by Gasteiger charge is 2.29. The number of hydrogen-bond acceptors (Lipinski definition) is 4. The average Bonchev–Trinajstić information content (AvgIpc) is 3.21. The van der Waals surface area contributed by atoms with E-state index in [0.717, 1.165) is 59.0 Å². The molecule has 4 aromatic rings. The molecule has 1 atom stereocenters. The van der Waals surface area contributed by atoms with Gasteiger partial charge in [-0.1, -0.05) is 68.3 Å². The summed E-state index contributed by atoms with van der Waals surface area (Å²) in [5, 5.41) is 4.42. The monoisotopic (exact) mass is 483 g/mol. The number of nitrogens with one attached hydrogen (secondary N) is 1. The fraction of sp³-hybridized carbons (Fsp3) is 0.276. The molecule has 1 unspecified atom stereocenters. The van der Waals surface area contributed by atoms with Crippen LogP contribution >= 0.6 is 11.3 Å². The van der Waals surface area contributed by atoms with Crippen molar-refractivity contribution < 1.29 is 9.59 Å². The molecular weight excluding hydrogens is 454 g/mol. The van der Waals surface area contributed by atoms with E-state index in [1.165, 1.54) is 22.6 Å². The lowest BCUT2D eigenvalue weighted by molar-refractivity contribution is 0.1000. The maximum atomic E-state index is 13.8. The number of primary amides is 1. The third-order valence-electron chi connectivity index (χ3n) is 6.95. The molecule has 178 valence electrons. The minimum atomic E-state index is -0.479. The number of para-hydroxylation sites is 1. The van der Waals surface area contributed by atoms with Crippen LogP contribution in [0.3, 0.4) is 0 Å². The van der Waals surface area contributed by atoms with Gasteiger partial charge in [0.2, 0.25) is 0 Å². The summed E-state index contributed by atoms with van der Waals surface area (Å²) in [6, 6.07) is 17.6. The van der Waals surface area contributed by atoms with Gasteiger partial charge in [0, 0.05) is 15.8 Å². The Labute approximate surface area is 209 Å². The fourth-order valence-electron chi connectivity index (χ4n) is 5.30. The summed E-state index contributed by atoms with van der Waals surface area (Å²) in [6.45, 7) is 4.13. The summed E-state index contributed by atoms with van der Waals surface area (Å²) in [5.41, 5.74) is 11.2. The molecule has 0 fully saturated rings. The van der Waals surface area contributed by atoms with Crippen molar-refractivity contribution in [2.75, 3.05) is 5.32 Å². The quantitative estimate of drug-likeness (QED) is 0.327. The zero-order valence-corrected chi connectivity index (χ0v) is 20.9. The summed E-state index contributed by atoms with van der Waals surface area (Å²) in [4.78, 5) is 32.3. The maximum Gasteiger partial charge on any atom is 0.257 e. The van der Waals surface area contributed by atoms with E-state index in [9.17, 15) is 9.59 Å². The molecule has 1 aliphatic carbocycles. The number of hydrogen-bond donors (Lipinski definition) is 2. The first-order valence-corrected chi connectivity index (χ1v) is 13.0. The highest BCUT2D eigenvalue weighted by Crippen LogP contribution is 2.41. The number of fused-ring (bicyclic) bond motifs is 2. The third-order valence-corrected chi connectivity index (χ3v) is 8.12. The van der Waals surface area contributed by atoms with Crippen LogP contribution in [-0.2, 0) is 12.8 Å². The van der Waals surface area contributed by atoms with Crippen LogP contribution in [0.15, 0.2) is 54.6 Å². The summed E-state index contributed by atoms with van der Waals surface area (Å²) >= 11 is 1.51. The van der Waals surface area contributed by atoms with Crippen LogP contribution in [0, 0.1) is 12.8 Å². The summed E-state index contributed by atoms with van der Waals surface area (Å²) in [7, 11) is 0. The van der Waals surface area contributed by atoms with Gasteiger partial charge in [-0.25, -0.2) is 4.98 Å². The van der Waals surface area contributed by atoms with Crippen molar-refractivity contribution in [1.82, 2.24) is 4.98 Å². The van der Waals surface area contributed by atoms with E-state index in [1.807, 2.05) is 61.5 Å². The predicted molar refractivity (Wildman–Crippen MR) is 143 cm³/mol. The Morgan fingerprint density at radius 2 is 1.83 bits per heavy atom. The number of nitrogens with zero attached hydrogens (tertiary/aromatic N) is 1. The summed E-state index contributed by atoms with van der Waals surface area (Å²) < 4.78 is 0. The molecule has 0 aliphatic heterocycles. The molecule has 2 aromatic carbocycles. The van der Waals surface area contributed by atoms with Gasteiger partial charge in [0.15, 0.2) is 0 Å². The number of rotatable bonds is 6. The molecule has 0 saturated carbocycles. The van der Waals surface area contributed by atoms with Crippen molar-refractivity contribution in [3.05, 3.63) is 81.7 Å².